The number of fused-ring (bicyclic) bond motifs is 4. The minimum Gasteiger partial charge on any atom is -0.246 e. The van der Waals surface area contributed by atoms with Crippen LogP contribution in [0.3, 0.4) is 0 Å². The van der Waals surface area contributed by atoms with Crippen molar-refractivity contribution in [3.63, 3.8) is 0 Å². The Morgan fingerprint density at radius 1 is 0.383 bits per heavy atom. The zero-order valence-corrected chi connectivity index (χ0v) is 26.2. The van der Waals surface area contributed by atoms with E-state index in [0.29, 0.717) is 5.82 Å². The van der Waals surface area contributed by atoms with Crippen molar-refractivity contribution < 1.29 is 0 Å². The lowest BCUT2D eigenvalue weighted by Gasteiger charge is -2.13. The maximum Gasteiger partial charge on any atom is 0.160 e. The molecule has 47 heavy (non-hydrogen) atoms. The van der Waals surface area contributed by atoms with E-state index in [4.69, 9.17) is 15.0 Å². The van der Waals surface area contributed by atoms with Crippen molar-refractivity contribution in [2.24, 2.45) is 0 Å². The van der Waals surface area contributed by atoms with Crippen LogP contribution in [-0.4, -0.2) is 15.0 Å². The molecule has 0 N–H and O–H groups in total. The average Bonchev–Trinajstić information content (AvgIpc) is 3.52. The molecule has 0 aliphatic heterocycles. The number of pyridine rings is 1. The largest absolute Gasteiger partial charge is 0.246 e. The van der Waals surface area contributed by atoms with Crippen LogP contribution in [0.4, 0.5) is 0 Å². The summed E-state index contributed by atoms with van der Waals surface area (Å²) in [7, 11) is 0. The molecule has 0 spiro atoms. The lowest BCUT2D eigenvalue weighted by Crippen LogP contribution is -1.96. The standard InChI is InChI=1S/C43H27N3S/c1-3-13-28(14-4-1)30-17-11-18-31(25-30)37-27-38(46-43(45-37)29-15-5-2-6-16-29)32-19-12-20-33(26-32)40-34-21-7-9-23-36(34)44-41-35-22-8-10-24-39(35)47-42(40)41/h1-27H. The first-order valence-electron chi connectivity index (χ1n) is 15.7. The summed E-state index contributed by atoms with van der Waals surface area (Å²) in [6.45, 7) is 0. The van der Waals surface area contributed by atoms with Gasteiger partial charge < -0.3 is 0 Å². The number of aromatic nitrogens is 3. The van der Waals surface area contributed by atoms with Crippen LogP contribution in [0, 0.1) is 0 Å². The van der Waals surface area contributed by atoms with Crippen LogP contribution < -0.4 is 0 Å². The molecule has 0 fully saturated rings. The third-order valence-electron chi connectivity index (χ3n) is 8.67. The molecule has 0 radical (unpaired) electrons. The number of para-hydroxylation sites is 1. The Morgan fingerprint density at radius 3 is 1.68 bits per heavy atom. The first-order valence-corrected chi connectivity index (χ1v) is 16.5. The van der Waals surface area contributed by atoms with E-state index in [-0.39, 0.29) is 0 Å². The van der Waals surface area contributed by atoms with Crippen LogP contribution in [0.5, 0.6) is 0 Å². The van der Waals surface area contributed by atoms with Crippen molar-refractivity contribution in [1.29, 1.82) is 0 Å². The van der Waals surface area contributed by atoms with E-state index in [9.17, 15) is 0 Å². The Kier molecular flexibility index (Phi) is 6.65. The number of thiophene rings is 1. The molecule has 3 heterocycles. The van der Waals surface area contributed by atoms with Crippen LogP contribution >= 0.6 is 11.3 Å². The van der Waals surface area contributed by atoms with Gasteiger partial charge in [0.15, 0.2) is 5.82 Å². The number of rotatable bonds is 5. The quantitative estimate of drug-likeness (QED) is 0.193. The first-order chi connectivity index (χ1) is 23.3. The molecule has 3 aromatic heterocycles. The van der Waals surface area contributed by atoms with Crippen molar-refractivity contribution in [3.8, 4) is 56.2 Å². The zero-order valence-electron chi connectivity index (χ0n) is 25.3. The molecule has 220 valence electrons. The number of nitrogens with zero attached hydrogens (tertiary/aromatic N) is 3. The maximum atomic E-state index is 5.15. The van der Waals surface area contributed by atoms with Crippen molar-refractivity contribution in [2.45, 2.75) is 0 Å². The molecule has 0 aliphatic rings. The molecule has 9 rings (SSSR count). The molecule has 0 amide bonds. The number of hydrogen-bond acceptors (Lipinski definition) is 4. The van der Waals surface area contributed by atoms with E-state index in [1.54, 1.807) is 0 Å². The summed E-state index contributed by atoms with van der Waals surface area (Å²) in [4.78, 5) is 15.4. The summed E-state index contributed by atoms with van der Waals surface area (Å²) in [5.41, 5.74) is 11.6. The zero-order chi connectivity index (χ0) is 31.2. The molecule has 0 saturated carbocycles. The molecular formula is C43H27N3S. The second-order valence-electron chi connectivity index (χ2n) is 11.6. The fraction of sp³-hybridized carbons (Fsp3) is 0. The molecule has 4 heteroatoms. The summed E-state index contributed by atoms with van der Waals surface area (Å²) < 4.78 is 2.45. The van der Waals surface area contributed by atoms with Gasteiger partial charge in [-0.3, -0.25) is 0 Å². The second-order valence-corrected chi connectivity index (χ2v) is 12.7. The SMILES string of the molecule is c1ccc(-c2cccc(-c3cc(-c4cccc(-c5c6ccccc6nc6c5sc5ccccc56)c4)nc(-c4ccccc4)n3)c2)cc1. The average molecular weight is 618 g/mol. The van der Waals surface area contributed by atoms with Gasteiger partial charge >= 0.3 is 0 Å². The molecule has 0 saturated heterocycles. The summed E-state index contributed by atoms with van der Waals surface area (Å²) in [5.74, 6) is 0.704. The van der Waals surface area contributed by atoms with Gasteiger partial charge in [0.25, 0.3) is 0 Å². The van der Waals surface area contributed by atoms with Gasteiger partial charge in [-0.2, -0.15) is 0 Å². The third-order valence-corrected chi connectivity index (χ3v) is 9.85. The van der Waals surface area contributed by atoms with E-state index in [1.165, 1.54) is 25.9 Å². The highest BCUT2D eigenvalue weighted by Crippen LogP contribution is 2.43. The Balaban J connectivity index is 1.24. The van der Waals surface area contributed by atoms with Gasteiger partial charge in [0.2, 0.25) is 0 Å². The fourth-order valence-corrected chi connectivity index (χ4v) is 7.63. The Morgan fingerprint density at radius 2 is 0.936 bits per heavy atom. The first kappa shape index (κ1) is 27.3. The Bertz CT molecular complexity index is 2570. The molecular weight excluding hydrogens is 591 g/mol. The highest BCUT2D eigenvalue weighted by Gasteiger charge is 2.17. The maximum absolute atomic E-state index is 5.15. The molecule has 9 aromatic rings. The summed E-state index contributed by atoms with van der Waals surface area (Å²) in [6, 6.07) is 57.2. The number of benzene rings is 6. The summed E-state index contributed by atoms with van der Waals surface area (Å²) >= 11 is 1.81. The minimum absolute atomic E-state index is 0.704. The lowest BCUT2D eigenvalue weighted by molar-refractivity contribution is 1.18. The van der Waals surface area contributed by atoms with Gasteiger partial charge in [-0.25, -0.2) is 15.0 Å². The summed E-state index contributed by atoms with van der Waals surface area (Å²) in [6.07, 6.45) is 0. The lowest BCUT2D eigenvalue weighted by atomic mass is 9.96. The minimum atomic E-state index is 0.704. The second kappa shape index (κ2) is 11.4. The highest BCUT2D eigenvalue weighted by atomic mass is 32.1. The summed E-state index contributed by atoms with van der Waals surface area (Å²) in [5, 5.41) is 2.34. The van der Waals surface area contributed by atoms with Crippen molar-refractivity contribution in [1.82, 2.24) is 15.0 Å². The van der Waals surface area contributed by atoms with Crippen molar-refractivity contribution >= 4 is 42.5 Å². The molecule has 0 atom stereocenters. The predicted molar refractivity (Wildman–Crippen MR) is 197 cm³/mol. The van der Waals surface area contributed by atoms with Crippen molar-refractivity contribution in [3.05, 3.63) is 164 Å². The normalized spacial score (nSPS) is 11.4. The molecule has 6 aromatic carbocycles. The van der Waals surface area contributed by atoms with Crippen LogP contribution in [0.15, 0.2) is 164 Å². The molecule has 3 nitrogen and oxygen atoms in total. The van der Waals surface area contributed by atoms with Gasteiger partial charge in [0.05, 0.1) is 27.1 Å². The van der Waals surface area contributed by atoms with E-state index in [1.807, 2.05) is 35.6 Å². The topological polar surface area (TPSA) is 38.7 Å². The Labute approximate surface area is 276 Å². The van der Waals surface area contributed by atoms with Crippen LogP contribution in [0.25, 0.3) is 87.4 Å². The monoisotopic (exact) mass is 617 g/mol. The molecule has 0 unspecified atom stereocenters. The molecule has 0 aliphatic carbocycles. The molecule has 0 bridgehead atoms. The smallest absolute Gasteiger partial charge is 0.160 e. The van der Waals surface area contributed by atoms with E-state index < -0.39 is 0 Å². The van der Waals surface area contributed by atoms with Crippen molar-refractivity contribution in [2.75, 3.05) is 0 Å². The van der Waals surface area contributed by atoms with E-state index in [2.05, 4.69) is 140 Å². The fourth-order valence-electron chi connectivity index (χ4n) is 6.41. The highest BCUT2D eigenvalue weighted by molar-refractivity contribution is 7.26. The van der Waals surface area contributed by atoms with Crippen LogP contribution in [0.2, 0.25) is 0 Å². The van der Waals surface area contributed by atoms with E-state index in [0.717, 1.165) is 55.6 Å². The van der Waals surface area contributed by atoms with Gasteiger partial charge in [-0.1, -0.05) is 133 Å². The number of hydrogen-bond donors (Lipinski definition) is 0. The predicted octanol–water partition coefficient (Wildman–Crippen LogP) is 11.7. The van der Waals surface area contributed by atoms with Gasteiger partial charge in [-0.15, -0.1) is 11.3 Å². The van der Waals surface area contributed by atoms with Gasteiger partial charge in [0, 0.05) is 37.7 Å². The van der Waals surface area contributed by atoms with Crippen LogP contribution in [-0.2, 0) is 0 Å². The van der Waals surface area contributed by atoms with Gasteiger partial charge in [-0.05, 0) is 47.0 Å². The van der Waals surface area contributed by atoms with Crippen LogP contribution in [0.1, 0.15) is 0 Å². The Hall–Kier alpha value is -5.97. The third kappa shape index (κ3) is 4.96. The van der Waals surface area contributed by atoms with Gasteiger partial charge in [0.1, 0.15) is 0 Å². The van der Waals surface area contributed by atoms with E-state index >= 15 is 0 Å².